The number of hydrogen-bond donors (Lipinski definition) is 1. The van der Waals surface area contributed by atoms with E-state index in [2.05, 4.69) is 6.42 Å². The van der Waals surface area contributed by atoms with Crippen molar-refractivity contribution in [1.82, 2.24) is 0 Å². The molecule has 0 aromatic carbocycles. The Morgan fingerprint density at radius 2 is 1.55 bits per heavy atom. The molecule has 0 atom stereocenters. The van der Waals surface area contributed by atoms with Crippen LogP contribution in [0.5, 0.6) is 0 Å². The second-order valence-corrected chi connectivity index (χ2v) is 2.02. The summed E-state index contributed by atoms with van der Waals surface area (Å²) in [7, 11) is 0. The van der Waals surface area contributed by atoms with E-state index in [-0.39, 0.29) is 38.9 Å². The molecule has 0 aromatic heterocycles. The fraction of sp³-hybridized carbons (Fsp3) is 0.714. The summed E-state index contributed by atoms with van der Waals surface area (Å²) in [6, 6.07) is 0. The van der Waals surface area contributed by atoms with Crippen molar-refractivity contribution in [2.24, 2.45) is 0 Å². The van der Waals surface area contributed by atoms with Crippen LogP contribution in [0.4, 0.5) is 0 Å². The maximum Gasteiger partial charge on any atom is 3.00 e. The van der Waals surface area contributed by atoms with Crippen LogP contribution in [0.3, 0.4) is 0 Å². The molecule has 0 aliphatic heterocycles. The van der Waals surface area contributed by atoms with E-state index in [1.807, 2.05) is 0 Å². The van der Waals surface area contributed by atoms with Gasteiger partial charge in [0.25, 0.3) is 0 Å². The maximum atomic E-state index is 8.24. The average Bonchev–Trinajstić information content (AvgIpc) is 1.93. The zero-order valence-corrected chi connectivity index (χ0v) is 9.46. The molecule has 0 heterocycles. The minimum atomic E-state index is 0. The third-order valence-electron chi connectivity index (χ3n) is 1.32. The molecule has 1 aliphatic rings. The largest absolute Gasteiger partial charge is 3.00 e. The van der Waals surface area contributed by atoms with Crippen LogP contribution in [0.1, 0.15) is 32.1 Å². The van der Waals surface area contributed by atoms with Crippen LogP contribution < -0.4 is 0 Å². The molecule has 0 bridgehead atoms. The molecule has 0 spiro atoms. The Kier molecular flexibility index (Phi) is 26.9. The van der Waals surface area contributed by atoms with Gasteiger partial charge in [-0.25, -0.2) is 0 Å². The Morgan fingerprint density at radius 3 is 1.64 bits per heavy atom. The third-order valence-corrected chi connectivity index (χ3v) is 1.32. The van der Waals surface area contributed by atoms with Crippen LogP contribution in [0, 0.1) is 6.42 Å². The predicted molar refractivity (Wildman–Crippen MR) is 41.0 cm³/mol. The first-order valence-electron chi connectivity index (χ1n) is 3.24. The number of hydrogen-bond acceptors (Lipinski definition) is 1. The summed E-state index contributed by atoms with van der Waals surface area (Å²) in [6.07, 6.45) is 9.50. The van der Waals surface area contributed by atoms with Gasteiger partial charge in [0.15, 0.2) is 0 Å². The molecule has 3 N–H and O–H groups in total. The summed E-state index contributed by atoms with van der Waals surface area (Å²) in [5, 5.41) is 6.76. The van der Waals surface area contributed by atoms with E-state index in [4.69, 9.17) is 9.90 Å². The van der Waals surface area contributed by atoms with Gasteiger partial charge in [0.2, 0.25) is 0 Å². The molecule has 4 heteroatoms. The van der Waals surface area contributed by atoms with Crippen molar-refractivity contribution in [2.75, 3.05) is 0 Å². The zero-order valence-electron chi connectivity index (χ0n) is 6.62. The van der Waals surface area contributed by atoms with Gasteiger partial charge in [-0.05, 0) is 0 Å². The first-order chi connectivity index (χ1) is 4.41. The molecule has 1 aliphatic carbocycles. The molecular weight excluding hydrogens is 219 g/mol. The van der Waals surface area contributed by atoms with Gasteiger partial charge in [-0.2, -0.15) is 12.8 Å². The molecule has 62 valence electrons. The quantitative estimate of drug-likeness (QED) is 0.653. The van der Waals surface area contributed by atoms with Crippen molar-refractivity contribution in [3.05, 3.63) is 12.6 Å². The Labute approximate surface area is 93.4 Å². The Bertz CT molecular complexity index is 56.0. The van der Waals surface area contributed by atoms with Gasteiger partial charge in [-0.1, -0.05) is 25.7 Å². The maximum absolute atomic E-state index is 8.24. The monoisotopic (exact) mass is 233 g/mol. The Hall–Kier alpha value is 0.534. The van der Waals surface area contributed by atoms with Crippen LogP contribution in [0.25, 0.3) is 6.15 Å². The second kappa shape index (κ2) is 16.9. The van der Waals surface area contributed by atoms with Crippen molar-refractivity contribution in [3.63, 3.8) is 0 Å². The minimum absolute atomic E-state index is 0. The standard InChI is InChI=1S/C6H11.CHO2.H2N.Y/c1-2-4-6-5-3-1;2-1-3;;/h1H,2-6H2;(H,2,3);1H2;/q3*-1;+3. The van der Waals surface area contributed by atoms with Crippen LogP contribution in [-0.2, 0) is 37.5 Å². The Morgan fingerprint density at radius 1 is 1.18 bits per heavy atom. The van der Waals surface area contributed by atoms with Crippen molar-refractivity contribution < 1.29 is 42.6 Å². The second-order valence-electron chi connectivity index (χ2n) is 2.02. The third kappa shape index (κ3) is 18.0. The van der Waals surface area contributed by atoms with Gasteiger partial charge in [0.1, 0.15) is 0 Å². The summed E-state index contributed by atoms with van der Waals surface area (Å²) in [5.74, 6) is 0. The van der Waals surface area contributed by atoms with Gasteiger partial charge < -0.3 is 22.5 Å². The summed E-state index contributed by atoms with van der Waals surface area (Å²) >= 11 is 0. The molecule has 3 nitrogen and oxygen atoms in total. The van der Waals surface area contributed by atoms with E-state index < -0.39 is 0 Å². The van der Waals surface area contributed by atoms with Crippen LogP contribution >= 0.6 is 0 Å². The van der Waals surface area contributed by atoms with E-state index in [0.29, 0.717) is 6.47 Å². The van der Waals surface area contributed by atoms with E-state index in [1.54, 1.807) is 0 Å². The Balaban J connectivity index is -0.000000116. The SMILES string of the molecule is O=[C-]O.[CH-]1CCCCC1.[NH2-].[Y+3]. The first-order valence-corrected chi connectivity index (χ1v) is 3.24. The topological polar surface area (TPSA) is 70.8 Å². The molecule has 0 aromatic rings. The fourth-order valence-corrected chi connectivity index (χ4v) is 0.898. The number of nitrogens with two attached hydrogens (primary N) is 1. The van der Waals surface area contributed by atoms with Crippen LogP contribution in [0.15, 0.2) is 0 Å². The summed E-state index contributed by atoms with van der Waals surface area (Å²) in [4.78, 5) is 8.24. The van der Waals surface area contributed by atoms with Crippen molar-refractivity contribution in [3.8, 4) is 0 Å². The van der Waals surface area contributed by atoms with Gasteiger partial charge in [-0.15, -0.1) is 0 Å². The van der Waals surface area contributed by atoms with Gasteiger partial charge in [0.05, 0.1) is 0 Å². The zero-order chi connectivity index (χ0) is 6.95. The molecule has 1 saturated carbocycles. The van der Waals surface area contributed by atoms with E-state index >= 15 is 0 Å². The van der Waals surface area contributed by atoms with Gasteiger partial charge in [0, 0.05) is 0 Å². The van der Waals surface area contributed by atoms with Crippen LogP contribution in [0.2, 0.25) is 0 Å². The van der Waals surface area contributed by atoms with Gasteiger partial charge in [-0.3, -0.25) is 0 Å². The molecule has 11 heavy (non-hydrogen) atoms. The van der Waals surface area contributed by atoms with Crippen molar-refractivity contribution >= 4 is 6.47 Å². The molecular formula is C7H14NO2Y. The van der Waals surface area contributed by atoms with E-state index in [0.717, 1.165) is 0 Å². The number of aliphatic hydroxyl groups excluding tert-OH is 1. The van der Waals surface area contributed by atoms with Crippen molar-refractivity contribution in [1.29, 1.82) is 0 Å². The molecule has 1 fully saturated rings. The molecule has 0 radical (unpaired) electrons. The van der Waals surface area contributed by atoms with E-state index in [1.165, 1.54) is 32.1 Å². The predicted octanol–water partition coefficient (Wildman–Crippen LogP) is 2.48. The van der Waals surface area contributed by atoms with Crippen LogP contribution in [-0.4, -0.2) is 11.6 Å². The molecule has 0 saturated heterocycles. The molecule has 0 amide bonds. The average molecular weight is 233 g/mol. The van der Waals surface area contributed by atoms with Crippen molar-refractivity contribution in [2.45, 2.75) is 32.1 Å². The minimum Gasteiger partial charge on any atom is -0.693 e. The molecule has 0 unspecified atom stereocenters. The summed E-state index contributed by atoms with van der Waals surface area (Å²) in [5.41, 5.74) is 0. The molecule has 1 rings (SSSR count). The summed E-state index contributed by atoms with van der Waals surface area (Å²) in [6.45, 7) is 0.500. The van der Waals surface area contributed by atoms with Gasteiger partial charge >= 0.3 is 32.7 Å². The first kappa shape index (κ1) is 17.6. The summed E-state index contributed by atoms with van der Waals surface area (Å²) < 4.78 is 0. The normalized spacial score (nSPS) is 14.2. The number of rotatable bonds is 0. The fourth-order valence-electron chi connectivity index (χ4n) is 0.898. The van der Waals surface area contributed by atoms with E-state index in [9.17, 15) is 0 Å². The smallest absolute Gasteiger partial charge is 0.693 e.